The van der Waals surface area contributed by atoms with Crippen LogP contribution in [0.4, 0.5) is 21.9 Å². The van der Waals surface area contributed by atoms with E-state index in [1.807, 2.05) is 48.7 Å². The number of fused-ring (bicyclic) bond motifs is 2. The topological polar surface area (TPSA) is 96.0 Å². The molecule has 2 aromatic carbocycles. The highest BCUT2D eigenvalue weighted by Gasteiger charge is 2.35. The summed E-state index contributed by atoms with van der Waals surface area (Å²) in [6.45, 7) is 2.78. The van der Waals surface area contributed by atoms with Crippen molar-refractivity contribution in [3.8, 4) is 5.75 Å². The highest BCUT2D eigenvalue weighted by atomic mass is 32.2. The number of methoxy groups -OCH3 is 1. The van der Waals surface area contributed by atoms with E-state index >= 15 is 0 Å². The molecule has 9 nitrogen and oxygen atoms in total. The molecule has 0 aliphatic carbocycles. The van der Waals surface area contributed by atoms with E-state index in [4.69, 9.17) is 9.47 Å². The van der Waals surface area contributed by atoms with Gasteiger partial charge in [-0.3, -0.25) is 14.7 Å². The highest BCUT2D eigenvalue weighted by Crippen LogP contribution is 2.36. The van der Waals surface area contributed by atoms with Gasteiger partial charge in [-0.25, -0.2) is 4.79 Å². The van der Waals surface area contributed by atoms with Gasteiger partial charge < -0.3 is 25.0 Å². The molecule has 10 heteroatoms. The minimum atomic E-state index is -0.362. The summed E-state index contributed by atoms with van der Waals surface area (Å²) in [5.74, 6) is 1.20. The molecule has 1 unspecified atom stereocenters. The number of rotatable bonds is 6. The van der Waals surface area contributed by atoms with Crippen LogP contribution in [0.25, 0.3) is 10.9 Å². The smallest absolute Gasteiger partial charge is 0.414 e. The van der Waals surface area contributed by atoms with Crippen molar-refractivity contribution in [3.63, 3.8) is 0 Å². The van der Waals surface area contributed by atoms with Crippen LogP contribution in [0.15, 0.2) is 53.6 Å². The molecule has 0 spiro atoms. The molecular formula is C25H25N5O4S. The van der Waals surface area contributed by atoms with E-state index in [1.165, 1.54) is 11.8 Å². The number of hydrogen-bond acceptors (Lipinski definition) is 8. The number of amides is 2. The van der Waals surface area contributed by atoms with Gasteiger partial charge in [0.2, 0.25) is 5.91 Å². The van der Waals surface area contributed by atoms with E-state index in [2.05, 4.69) is 20.5 Å². The zero-order valence-electron chi connectivity index (χ0n) is 19.2. The highest BCUT2D eigenvalue weighted by molar-refractivity contribution is 8.00. The van der Waals surface area contributed by atoms with Crippen molar-refractivity contribution in [1.82, 2.24) is 10.3 Å². The van der Waals surface area contributed by atoms with E-state index < -0.39 is 0 Å². The largest absolute Gasteiger partial charge is 0.497 e. The third kappa shape index (κ3) is 4.23. The third-order valence-corrected chi connectivity index (χ3v) is 7.64. The molecule has 2 amide bonds. The zero-order chi connectivity index (χ0) is 23.9. The van der Waals surface area contributed by atoms with E-state index in [1.54, 1.807) is 12.0 Å². The number of nitrogens with one attached hydrogen (secondary N) is 2. The molecule has 1 atom stereocenters. The Hall–Kier alpha value is -3.50. The summed E-state index contributed by atoms with van der Waals surface area (Å²) in [6.07, 6.45) is 1.24. The molecular weight excluding hydrogens is 466 g/mol. The first-order valence-electron chi connectivity index (χ1n) is 11.5. The van der Waals surface area contributed by atoms with Gasteiger partial charge in [0.15, 0.2) is 0 Å². The third-order valence-electron chi connectivity index (χ3n) is 6.56. The van der Waals surface area contributed by atoms with Crippen molar-refractivity contribution < 1.29 is 19.1 Å². The van der Waals surface area contributed by atoms with Gasteiger partial charge in [-0.1, -0.05) is 0 Å². The number of ether oxygens (including phenoxy) is 2. The number of hydrogen-bond donors (Lipinski definition) is 2. The molecule has 2 fully saturated rings. The van der Waals surface area contributed by atoms with Crippen molar-refractivity contribution in [3.05, 3.63) is 48.7 Å². The number of cyclic esters (lactones) is 1. The summed E-state index contributed by atoms with van der Waals surface area (Å²) >= 11 is 1.50. The fourth-order valence-corrected chi connectivity index (χ4v) is 5.48. The maximum Gasteiger partial charge on any atom is 0.414 e. The first-order chi connectivity index (χ1) is 17.1. The summed E-state index contributed by atoms with van der Waals surface area (Å²) in [6, 6.07) is 14.0. The van der Waals surface area contributed by atoms with E-state index in [9.17, 15) is 9.59 Å². The number of pyridine rings is 1. The summed E-state index contributed by atoms with van der Waals surface area (Å²) in [5.41, 5.74) is 3.56. The number of carbonyl (C=O) groups excluding carboxylic acids is 2. The second kappa shape index (κ2) is 8.94. The molecule has 6 rings (SSSR count). The van der Waals surface area contributed by atoms with E-state index in [0.717, 1.165) is 51.7 Å². The fourth-order valence-electron chi connectivity index (χ4n) is 4.69. The molecule has 0 saturated carbocycles. The first kappa shape index (κ1) is 22.0. The van der Waals surface area contributed by atoms with Gasteiger partial charge in [0.1, 0.15) is 11.9 Å². The average molecular weight is 492 g/mol. The average Bonchev–Trinajstić information content (AvgIpc) is 3.22. The zero-order valence-corrected chi connectivity index (χ0v) is 20.0. The van der Waals surface area contributed by atoms with E-state index in [0.29, 0.717) is 24.9 Å². The Morgan fingerprint density at radius 1 is 1.17 bits per heavy atom. The van der Waals surface area contributed by atoms with Crippen LogP contribution in [0.3, 0.4) is 0 Å². The van der Waals surface area contributed by atoms with Crippen LogP contribution in [0.1, 0.15) is 0 Å². The fraction of sp³-hybridized carbons (Fsp3) is 0.320. The van der Waals surface area contributed by atoms with E-state index in [-0.39, 0.29) is 18.1 Å². The number of anilines is 3. The lowest BCUT2D eigenvalue weighted by Crippen LogP contribution is -2.59. The molecule has 0 bridgehead atoms. The van der Waals surface area contributed by atoms with Crippen molar-refractivity contribution in [2.45, 2.75) is 17.0 Å². The lowest BCUT2D eigenvalue weighted by molar-refractivity contribution is -0.113. The molecule has 3 aliphatic rings. The summed E-state index contributed by atoms with van der Waals surface area (Å²) in [7, 11) is 1.67. The standard InChI is InChI=1S/C25H25N5O4S/c1-33-17-3-4-20-19(9-17)22(6-7-26-20)29-11-15(12-29)27-10-18-13-30(25(32)34-18)16-2-5-23-21(8-16)28-24(31)14-35-23/h2-9,15,18,27H,10-14H2,1H3,(H,28,31). The molecule has 0 radical (unpaired) electrons. The molecule has 3 aliphatic heterocycles. The predicted molar refractivity (Wildman–Crippen MR) is 136 cm³/mol. The Morgan fingerprint density at radius 2 is 2.06 bits per heavy atom. The summed E-state index contributed by atoms with van der Waals surface area (Å²) < 4.78 is 11.0. The van der Waals surface area contributed by atoms with Crippen LogP contribution in [-0.4, -0.2) is 68.2 Å². The molecule has 1 aromatic heterocycles. The van der Waals surface area contributed by atoms with Crippen molar-refractivity contribution in [1.29, 1.82) is 0 Å². The van der Waals surface area contributed by atoms with Gasteiger partial charge in [0, 0.05) is 53.5 Å². The van der Waals surface area contributed by atoms with Gasteiger partial charge in [-0.15, -0.1) is 11.8 Å². The summed E-state index contributed by atoms with van der Waals surface area (Å²) in [4.78, 5) is 33.6. The van der Waals surface area contributed by atoms with Crippen molar-refractivity contribution in [2.24, 2.45) is 0 Å². The number of thioether (sulfide) groups is 1. The first-order valence-corrected chi connectivity index (χ1v) is 12.5. The number of aromatic nitrogens is 1. The van der Waals surface area contributed by atoms with Gasteiger partial charge in [-0.05, 0) is 42.5 Å². The lowest BCUT2D eigenvalue weighted by Gasteiger charge is -2.42. The van der Waals surface area contributed by atoms with Crippen LogP contribution >= 0.6 is 11.8 Å². The number of nitrogens with zero attached hydrogens (tertiary/aromatic N) is 3. The molecule has 2 N–H and O–H groups in total. The van der Waals surface area contributed by atoms with Gasteiger partial charge in [-0.2, -0.15) is 0 Å². The van der Waals surface area contributed by atoms with Gasteiger partial charge in [0.05, 0.1) is 30.6 Å². The second-order valence-electron chi connectivity index (χ2n) is 8.86. The minimum absolute atomic E-state index is 0.0285. The Kier molecular flexibility index (Phi) is 5.62. The van der Waals surface area contributed by atoms with Gasteiger partial charge >= 0.3 is 6.09 Å². The Balaban J connectivity index is 1.05. The van der Waals surface area contributed by atoms with Crippen molar-refractivity contribution in [2.75, 3.05) is 54.2 Å². The molecule has 4 heterocycles. The van der Waals surface area contributed by atoms with Crippen LogP contribution in [0.5, 0.6) is 5.75 Å². The van der Waals surface area contributed by atoms with Crippen LogP contribution < -0.4 is 25.2 Å². The predicted octanol–water partition coefficient (Wildman–Crippen LogP) is 3.09. The lowest BCUT2D eigenvalue weighted by atomic mass is 10.0. The quantitative estimate of drug-likeness (QED) is 0.543. The molecule has 2 saturated heterocycles. The van der Waals surface area contributed by atoms with Gasteiger partial charge in [0.25, 0.3) is 0 Å². The molecule has 3 aromatic rings. The summed E-state index contributed by atoms with van der Waals surface area (Å²) in [5, 5.41) is 7.48. The second-order valence-corrected chi connectivity index (χ2v) is 9.87. The molecule has 180 valence electrons. The number of carbonyl (C=O) groups is 2. The maximum absolute atomic E-state index is 12.5. The van der Waals surface area contributed by atoms with Crippen LogP contribution in [0, 0.1) is 0 Å². The molecule has 35 heavy (non-hydrogen) atoms. The monoisotopic (exact) mass is 491 g/mol. The number of benzene rings is 2. The van der Waals surface area contributed by atoms with Crippen LogP contribution in [-0.2, 0) is 9.53 Å². The normalized spacial score (nSPS) is 19.9. The Morgan fingerprint density at radius 3 is 2.91 bits per heavy atom. The minimum Gasteiger partial charge on any atom is -0.497 e. The Labute approximate surface area is 206 Å². The Bertz CT molecular complexity index is 1310. The maximum atomic E-state index is 12.5. The van der Waals surface area contributed by atoms with Crippen molar-refractivity contribution >= 4 is 51.7 Å². The SMILES string of the molecule is COc1ccc2nccc(N3CC(NCC4CN(c5ccc6c(c5)NC(=O)CS6)C(=O)O4)C3)c2c1. The van der Waals surface area contributed by atoms with Crippen LogP contribution in [0.2, 0.25) is 0 Å².